The van der Waals surface area contributed by atoms with Gasteiger partial charge in [0.25, 0.3) is 0 Å². The van der Waals surface area contributed by atoms with Gasteiger partial charge in [0, 0.05) is 25.2 Å². The fourth-order valence-electron chi connectivity index (χ4n) is 1.45. The van der Waals surface area contributed by atoms with Crippen molar-refractivity contribution in [2.24, 2.45) is 0 Å². The van der Waals surface area contributed by atoms with Gasteiger partial charge in [-0.2, -0.15) is 5.26 Å². The molecule has 0 fully saturated rings. The first kappa shape index (κ1) is 11.9. The minimum Gasteiger partial charge on any atom is -0.360 e. The van der Waals surface area contributed by atoms with Crippen molar-refractivity contribution in [3.05, 3.63) is 43.4 Å². The molecule has 0 radical (unpaired) electrons. The second-order valence-corrected chi connectivity index (χ2v) is 5.75. The maximum Gasteiger partial charge on any atom is 0.101 e. The Kier molecular flexibility index (Phi) is 3.53. The molecule has 2 nitrogen and oxygen atoms in total. The van der Waals surface area contributed by atoms with E-state index in [1.807, 2.05) is 12.1 Å². The number of benzene rings is 1. The predicted molar refractivity (Wildman–Crippen MR) is 74.0 cm³/mol. The van der Waals surface area contributed by atoms with E-state index in [0.29, 0.717) is 5.56 Å². The number of hydrogen-bond acceptors (Lipinski definition) is 1. The van der Waals surface area contributed by atoms with E-state index in [-0.39, 0.29) is 0 Å². The van der Waals surface area contributed by atoms with E-state index in [0.717, 1.165) is 24.7 Å². The Hall–Kier alpha value is -0.570. The number of nitrogens with zero attached hydrogens (tertiary/aromatic N) is 1. The van der Waals surface area contributed by atoms with Crippen molar-refractivity contribution in [2.45, 2.75) is 0 Å². The van der Waals surface area contributed by atoms with Gasteiger partial charge in [-0.1, -0.05) is 47.8 Å². The number of aromatic amines is 1. The Morgan fingerprint density at radius 1 is 1.12 bits per heavy atom. The van der Waals surface area contributed by atoms with E-state index in [9.17, 15) is 0 Å². The molecule has 2 rings (SSSR count). The van der Waals surface area contributed by atoms with Crippen molar-refractivity contribution < 1.29 is 0 Å². The molecule has 1 N–H and O–H groups in total. The molecule has 0 amide bonds. The summed E-state index contributed by atoms with van der Waals surface area (Å²) >= 11 is 10.4. The largest absolute Gasteiger partial charge is 0.360 e. The number of H-pyrrole nitrogens is 1. The van der Waals surface area contributed by atoms with Crippen LogP contribution >= 0.6 is 47.8 Å². The fraction of sp³-hybridized carbons (Fsp3) is 0. The lowest BCUT2D eigenvalue weighted by Crippen LogP contribution is -1.86. The zero-order chi connectivity index (χ0) is 11.7. The summed E-state index contributed by atoms with van der Waals surface area (Å²) in [6.07, 6.45) is 1.76. The zero-order valence-corrected chi connectivity index (χ0v) is 12.6. The Balaban J connectivity index is 2.70. The van der Waals surface area contributed by atoms with Gasteiger partial charge in [-0.15, -0.1) is 0 Å². The SMILES string of the molecule is N#Cc1cc[nH]c1-c1c(Br)cc(Br)cc1Br. The number of nitrogens with one attached hydrogen (secondary N) is 1. The summed E-state index contributed by atoms with van der Waals surface area (Å²) in [4.78, 5) is 3.08. The normalized spacial score (nSPS) is 10.1. The van der Waals surface area contributed by atoms with Crippen LogP contribution in [-0.2, 0) is 0 Å². The molecule has 16 heavy (non-hydrogen) atoms. The van der Waals surface area contributed by atoms with Crippen LogP contribution in [0, 0.1) is 11.3 Å². The molecule has 0 bridgehead atoms. The highest BCUT2D eigenvalue weighted by molar-refractivity contribution is 9.11. The summed E-state index contributed by atoms with van der Waals surface area (Å²) < 4.78 is 2.82. The Morgan fingerprint density at radius 2 is 1.75 bits per heavy atom. The van der Waals surface area contributed by atoms with Crippen LogP contribution in [0.3, 0.4) is 0 Å². The highest BCUT2D eigenvalue weighted by Crippen LogP contribution is 2.38. The second-order valence-electron chi connectivity index (χ2n) is 3.12. The van der Waals surface area contributed by atoms with E-state index < -0.39 is 0 Å². The average Bonchev–Trinajstić information content (AvgIpc) is 2.64. The molecule has 0 saturated carbocycles. The van der Waals surface area contributed by atoms with Crippen molar-refractivity contribution in [1.29, 1.82) is 5.26 Å². The second kappa shape index (κ2) is 4.74. The molecule has 0 spiro atoms. The molecule has 0 atom stereocenters. The summed E-state index contributed by atoms with van der Waals surface area (Å²) in [5.41, 5.74) is 2.39. The van der Waals surface area contributed by atoms with Crippen LogP contribution in [0.2, 0.25) is 0 Å². The van der Waals surface area contributed by atoms with Crippen LogP contribution in [0.1, 0.15) is 5.56 Å². The number of nitriles is 1. The maximum absolute atomic E-state index is 9.00. The quantitative estimate of drug-likeness (QED) is 0.725. The summed E-state index contributed by atoms with van der Waals surface area (Å²) in [6.45, 7) is 0. The Morgan fingerprint density at radius 3 is 2.31 bits per heavy atom. The minimum atomic E-state index is 0.628. The van der Waals surface area contributed by atoms with E-state index in [2.05, 4.69) is 58.8 Å². The number of halogens is 3. The third-order valence-electron chi connectivity index (χ3n) is 2.12. The molecule has 0 aliphatic rings. The summed E-state index contributed by atoms with van der Waals surface area (Å²) in [5, 5.41) is 9.00. The molecule has 0 aliphatic carbocycles. The van der Waals surface area contributed by atoms with E-state index in [1.165, 1.54) is 0 Å². The molecule has 0 unspecified atom stereocenters. The molecular weight excluding hydrogens is 400 g/mol. The molecule has 2 aromatic rings. The lowest BCUT2D eigenvalue weighted by Gasteiger charge is -2.07. The van der Waals surface area contributed by atoms with Gasteiger partial charge < -0.3 is 4.98 Å². The van der Waals surface area contributed by atoms with Crippen molar-refractivity contribution in [3.8, 4) is 17.3 Å². The van der Waals surface area contributed by atoms with Crippen LogP contribution < -0.4 is 0 Å². The van der Waals surface area contributed by atoms with Gasteiger partial charge in [-0.05, 0) is 18.2 Å². The number of hydrogen-bond donors (Lipinski definition) is 1. The molecule has 80 valence electrons. The van der Waals surface area contributed by atoms with Gasteiger partial charge in [0.15, 0.2) is 0 Å². The molecule has 1 aromatic carbocycles. The molecule has 1 aromatic heterocycles. The molecule has 0 aliphatic heterocycles. The van der Waals surface area contributed by atoms with Crippen LogP contribution in [0.5, 0.6) is 0 Å². The average molecular weight is 405 g/mol. The highest BCUT2D eigenvalue weighted by atomic mass is 79.9. The van der Waals surface area contributed by atoms with Gasteiger partial charge in [0.2, 0.25) is 0 Å². The molecule has 5 heteroatoms. The van der Waals surface area contributed by atoms with Crippen molar-refractivity contribution in [2.75, 3.05) is 0 Å². The Bertz CT molecular complexity index is 558. The molecule has 0 saturated heterocycles. The van der Waals surface area contributed by atoms with Crippen molar-refractivity contribution in [3.63, 3.8) is 0 Å². The first-order valence-corrected chi connectivity index (χ1v) is 6.73. The van der Waals surface area contributed by atoms with E-state index in [1.54, 1.807) is 12.3 Å². The standard InChI is InChI=1S/C11H5Br3N2/c12-7-3-8(13)10(9(14)4-7)11-6(5-15)1-2-16-11/h1-4,16H. The van der Waals surface area contributed by atoms with E-state index in [4.69, 9.17) is 5.26 Å². The maximum atomic E-state index is 9.00. The zero-order valence-electron chi connectivity index (χ0n) is 7.89. The third-order valence-corrected chi connectivity index (χ3v) is 3.83. The summed E-state index contributed by atoms with van der Waals surface area (Å²) in [5.74, 6) is 0. The topological polar surface area (TPSA) is 39.6 Å². The fourth-order valence-corrected chi connectivity index (χ4v) is 4.11. The lowest BCUT2D eigenvalue weighted by atomic mass is 10.1. The van der Waals surface area contributed by atoms with Crippen LogP contribution in [0.15, 0.2) is 37.8 Å². The highest BCUT2D eigenvalue weighted by Gasteiger charge is 2.13. The van der Waals surface area contributed by atoms with Gasteiger partial charge in [-0.25, -0.2) is 0 Å². The van der Waals surface area contributed by atoms with E-state index >= 15 is 0 Å². The van der Waals surface area contributed by atoms with Crippen molar-refractivity contribution >= 4 is 47.8 Å². The summed E-state index contributed by atoms with van der Waals surface area (Å²) in [6, 6.07) is 7.81. The van der Waals surface area contributed by atoms with Gasteiger partial charge >= 0.3 is 0 Å². The van der Waals surface area contributed by atoms with Gasteiger partial charge in [-0.3, -0.25) is 0 Å². The van der Waals surface area contributed by atoms with Gasteiger partial charge in [0.1, 0.15) is 6.07 Å². The van der Waals surface area contributed by atoms with Crippen LogP contribution in [0.25, 0.3) is 11.3 Å². The molecular formula is C11H5Br3N2. The first-order valence-electron chi connectivity index (χ1n) is 4.36. The smallest absolute Gasteiger partial charge is 0.101 e. The predicted octanol–water partition coefficient (Wildman–Crippen LogP) is 4.84. The van der Waals surface area contributed by atoms with Crippen LogP contribution in [-0.4, -0.2) is 4.98 Å². The lowest BCUT2D eigenvalue weighted by molar-refractivity contribution is 1.37. The summed E-state index contributed by atoms with van der Waals surface area (Å²) in [7, 11) is 0. The van der Waals surface area contributed by atoms with Crippen LogP contribution in [0.4, 0.5) is 0 Å². The Labute approximate surface area is 118 Å². The first-order chi connectivity index (χ1) is 7.63. The number of rotatable bonds is 1. The van der Waals surface area contributed by atoms with Crippen molar-refractivity contribution in [1.82, 2.24) is 4.98 Å². The third kappa shape index (κ3) is 2.10. The number of aromatic nitrogens is 1. The molecule has 1 heterocycles. The van der Waals surface area contributed by atoms with Gasteiger partial charge in [0.05, 0.1) is 11.3 Å². The monoisotopic (exact) mass is 402 g/mol. The minimum absolute atomic E-state index is 0.628.